The number of halogens is 1. The predicted molar refractivity (Wildman–Crippen MR) is 136 cm³/mol. The Morgan fingerprint density at radius 3 is 2.85 bits per heavy atom. The van der Waals surface area contributed by atoms with E-state index < -0.39 is 0 Å². The van der Waals surface area contributed by atoms with E-state index in [1.807, 2.05) is 38.1 Å². The molecule has 0 radical (unpaired) electrons. The first-order chi connectivity index (χ1) is 16.4. The quantitative estimate of drug-likeness (QED) is 0.367. The van der Waals surface area contributed by atoms with Crippen LogP contribution in [0.2, 0.25) is 0 Å². The van der Waals surface area contributed by atoms with E-state index in [9.17, 15) is 4.79 Å². The number of amides is 1. The zero-order chi connectivity index (χ0) is 23.8. The van der Waals surface area contributed by atoms with Gasteiger partial charge in [0.2, 0.25) is 5.91 Å². The van der Waals surface area contributed by atoms with E-state index in [0.29, 0.717) is 42.4 Å². The summed E-state index contributed by atoms with van der Waals surface area (Å²) in [5.74, 6) is 0.681. The fraction of sp³-hybridized carbons (Fsp3) is 0.292. The average molecular weight is 524 g/mol. The third-order valence-corrected chi connectivity index (χ3v) is 6.69. The van der Waals surface area contributed by atoms with Crippen LogP contribution in [0.5, 0.6) is 0 Å². The molecule has 4 heterocycles. The van der Waals surface area contributed by atoms with Crippen molar-refractivity contribution < 1.29 is 9.53 Å². The van der Waals surface area contributed by atoms with Crippen LogP contribution in [-0.2, 0) is 9.53 Å². The summed E-state index contributed by atoms with van der Waals surface area (Å²) in [5, 5.41) is 3.03. The highest BCUT2D eigenvalue weighted by molar-refractivity contribution is 9.10. The van der Waals surface area contributed by atoms with Gasteiger partial charge in [0.15, 0.2) is 5.65 Å². The van der Waals surface area contributed by atoms with Crippen LogP contribution in [0.15, 0.2) is 41.0 Å². The fourth-order valence-corrected chi connectivity index (χ4v) is 4.67. The Balaban J connectivity index is 1.42. The number of morpholine rings is 1. The molecule has 1 amide bonds. The van der Waals surface area contributed by atoms with Crippen molar-refractivity contribution in [3.63, 3.8) is 0 Å². The number of hydrogen-bond donors (Lipinski definition) is 3. The maximum absolute atomic E-state index is 12.6. The van der Waals surface area contributed by atoms with Crippen molar-refractivity contribution in [1.29, 1.82) is 0 Å². The van der Waals surface area contributed by atoms with Gasteiger partial charge in [-0.15, -0.1) is 0 Å². The summed E-state index contributed by atoms with van der Waals surface area (Å²) in [6.07, 6.45) is 1.66. The van der Waals surface area contributed by atoms with E-state index in [4.69, 9.17) is 10.5 Å². The van der Waals surface area contributed by atoms with Gasteiger partial charge >= 0.3 is 0 Å². The van der Waals surface area contributed by atoms with Crippen LogP contribution in [-0.4, -0.2) is 63.2 Å². The van der Waals surface area contributed by atoms with E-state index >= 15 is 0 Å². The maximum atomic E-state index is 12.6. The van der Waals surface area contributed by atoms with Crippen LogP contribution in [0.4, 0.5) is 11.4 Å². The van der Waals surface area contributed by atoms with Gasteiger partial charge < -0.3 is 25.3 Å². The highest BCUT2D eigenvalue weighted by Crippen LogP contribution is 2.32. The van der Waals surface area contributed by atoms with Crippen LogP contribution in [0.1, 0.15) is 11.4 Å². The van der Waals surface area contributed by atoms with Crippen molar-refractivity contribution in [2.75, 3.05) is 43.9 Å². The lowest BCUT2D eigenvalue weighted by atomic mass is 10.2. The first kappa shape index (κ1) is 22.6. The third-order valence-electron chi connectivity index (χ3n) is 6.06. The Morgan fingerprint density at radius 2 is 2.06 bits per heavy atom. The highest BCUT2D eigenvalue weighted by Gasteiger charge is 2.18. The van der Waals surface area contributed by atoms with Crippen LogP contribution in [0, 0.1) is 13.8 Å². The number of fused-ring (bicyclic) bond motifs is 1. The molecule has 0 bridgehead atoms. The zero-order valence-electron chi connectivity index (χ0n) is 19.1. The summed E-state index contributed by atoms with van der Waals surface area (Å²) in [6.45, 7) is 7.34. The van der Waals surface area contributed by atoms with Crippen LogP contribution >= 0.6 is 15.9 Å². The standard InChI is InChI=1S/C24H26BrN7O2/c1-14-10-18(23-29-22-21(26)19(25)12-27-24(22)30-23)15(2)32(14)17-5-3-4-16(11-17)28-20(33)13-31-6-8-34-9-7-31/h3-5,10-12H,6-9,13H2,1-2H3,(H,28,33)(H3,26,27,29,30). The van der Waals surface area contributed by atoms with Gasteiger partial charge in [0.05, 0.1) is 29.9 Å². The van der Waals surface area contributed by atoms with Gasteiger partial charge in [-0.2, -0.15) is 0 Å². The Kier molecular flexibility index (Phi) is 6.11. The van der Waals surface area contributed by atoms with Gasteiger partial charge in [-0.25, -0.2) is 9.97 Å². The first-order valence-electron chi connectivity index (χ1n) is 11.1. The molecule has 10 heteroatoms. The summed E-state index contributed by atoms with van der Waals surface area (Å²) in [4.78, 5) is 27.0. The second-order valence-electron chi connectivity index (χ2n) is 8.41. The number of imidazole rings is 1. The fourth-order valence-electron chi connectivity index (χ4n) is 4.37. The molecule has 4 aromatic rings. The van der Waals surface area contributed by atoms with Crippen molar-refractivity contribution in [3.05, 3.63) is 52.4 Å². The van der Waals surface area contributed by atoms with E-state index in [-0.39, 0.29) is 5.91 Å². The highest BCUT2D eigenvalue weighted by atomic mass is 79.9. The molecule has 4 N–H and O–H groups in total. The summed E-state index contributed by atoms with van der Waals surface area (Å²) in [7, 11) is 0. The minimum Gasteiger partial charge on any atom is -0.396 e. The van der Waals surface area contributed by atoms with Gasteiger partial charge in [0, 0.05) is 47.6 Å². The number of rotatable bonds is 5. The van der Waals surface area contributed by atoms with Crippen molar-refractivity contribution in [2.45, 2.75) is 13.8 Å². The van der Waals surface area contributed by atoms with Crippen molar-refractivity contribution >= 4 is 44.4 Å². The lowest BCUT2D eigenvalue weighted by Crippen LogP contribution is -2.41. The Labute approximate surface area is 205 Å². The molecule has 1 aliphatic heterocycles. The Bertz CT molecular complexity index is 1370. The monoisotopic (exact) mass is 523 g/mol. The van der Waals surface area contributed by atoms with Gasteiger partial charge in [0.1, 0.15) is 11.3 Å². The number of nitrogen functional groups attached to an aromatic ring is 1. The number of carbonyl (C=O) groups excluding carboxylic acids is 1. The number of hydrogen-bond acceptors (Lipinski definition) is 6. The second-order valence-corrected chi connectivity index (χ2v) is 9.27. The third kappa shape index (κ3) is 4.31. The maximum Gasteiger partial charge on any atom is 0.238 e. The smallest absolute Gasteiger partial charge is 0.238 e. The van der Waals surface area contributed by atoms with Crippen LogP contribution in [0.25, 0.3) is 28.2 Å². The molecule has 9 nitrogen and oxygen atoms in total. The molecule has 0 saturated carbocycles. The lowest BCUT2D eigenvalue weighted by Gasteiger charge is -2.25. The van der Waals surface area contributed by atoms with Crippen molar-refractivity contribution in [3.8, 4) is 17.1 Å². The predicted octanol–water partition coefficient (Wildman–Crippen LogP) is 3.65. The minimum absolute atomic E-state index is 0.0285. The van der Waals surface area contributed by atoms with E-state index in [1.54, 1.807) is 6.20 Å². The molecule has 34 heavy (non-hydrogen) atoms. The van der Waals surface area contributed by atoms with E-state index in [0.717, 1.165) is 45.9 Å². The number of nitrogens with zero attached hydrogens (tertiary/aromatic N) is 4. The molecular weight excluding hydrogens is 498 g/mol. The average Bonchev–Trinajstić information content (AvgIpc) is 3.38. The molecule has 3 aromatic heterocycles. The van der Waals surface area contributed by atoms with Crippen molar-refractivity contribution in [2.24, 2.45) is 0 Å². The molecule has 1 saturated heterocycles. The molecule has 0 spiro atoms. The number of H-pyrrole nitrogens is 1. The molecule has 0 atom stereocenters. The number of pyridine rings is 1. The van der Waals surface area contributed by atoms with Gasteiger partial charge in [-0.05, 0) is 54.0 Å². The normalized spacial score (nSPS) is 14.6. The molecule has 5 rings (SSSR count). The van der Waals surface area contributed by atoms with Crippen LogP contribution in [0.3, 0.4) is 0 Å². The number of carbonyl (C=O) groups is 1. The molecule has 176 valence electrons. The number of nitrogens with one attached hydrogen (secondary N) is 2. The van der Waals surface area contributed by atoms with Crippen molar-refractivity contribution in [1.82, 2.24) is 24.4 Å². The number of benzene rings is 1. The molecule has 1 aromatic carbocycles. The Morgan fingerprint density at radius 1 is 1.26 bits per heavy atom. The minimum atomic E-state index is -0.0285. The summed E-state index contributed by atoms with van der Waals surface area (Å²) in [5.41, 5.74) is 12.8. The molecule has 1 aliphatic rings. The van der Waals surface area contributed by atoms with Crippen LogP contribution < -0.4 is 11.1 Å². The number of aromatic nitrogens is 4. The number of aromatic amines is 1. The second kappa shape index (κ2) is 9.21. The molecular formula is C24H26BrN7O2. The first-order valence-corrected chi connectivity index (χ1v) is 11.9. The number of ether oxygens (including phenoxy) is 1. The van der Waals surface area contributed by atoms with Gasteiger partial charge in [0.25, 0.3) is 0 Å². The largest absolute Gasteiger partial charge is 0.396 e. The summed E-state index contributed by atoms with van der Waals surface area (Å²) < 4.78 is 8.23. The zero-order valence-corrected chi connectivity index (χ0v) is 20.6. The van der Waals surface area contributed by atoms with Gasteiger partial charge in [-0.3, -0.25) is 9.69 Å². The number of aryl methyl sites for hydroxylation is 1. The Hall–Kier alpha value is -3.21. The van der Waals surface area contributed by atoms with E-state index in [2.05, 4.69) is 51.7 Å². The number of anilines is 2. The van der Waals surface area contributed by atoms with Gasteiger partial charge in [-0.1, -0.05) is 6.07 Å². The molecule has 1 fully saturated rings. The summed E-state index contributed by atoms with van der Waals surface area (Å²) in [6, 6.07) is 9.94. The molecule has 0 aliphatic carbocycles. The SMILES string of the molecule is Cc1cc(-c2nc3ncc(Br)c(N)c3[nH]2)c(C)n1-c1cccc(NC(=O)CN2CCOCC2)c1. The van der Waals surface area contributed by atoms with E-state index in [1.165, 1.54) is 0 Å². The molecule has 0 unspecified atom stereocenters. The summed E-state index contributed by atoms with van der Waals surface area (Å²) >= 11 is 3.42. The number of nitrogens with two attached hydrogens (primary N) is 1. The topological polar surface area (TPSA) is 114 Å². The lowest BCUT2D eigenvalue weighted by molar-refractivity contribution is -0.118.